The van der Waals surface area contributed by atoms with Crippen molar-refractivity contribution in [2.75, 3.05) is 19.8 Å². The van der Waals surface area contributed by atoms with Crippen LogP contribution in [0, 0.1) is 0 Å². The van der Waals surface area contributed by atoms with Crippen LogP contribution in [0.5, 0.6) is 0 Å². The lowest BCUT2D eigenvalue weighted by Crippen LogP contribution is -2.27. The van der Waals surface area contributed by atoms with Crippen molar-refractivity contribution in [3.05, 3.63) is 42.0 Å². The Kier molecular flexibility index (Phi) is 5.80. The van der Waals surface area contributed by atoms with Gasteiger partial charge in [0.05, 0.1) is 13.2 Å². The van der Waals surface area contributed by atoms with Crippen molar-refractivity contribution in [2.24, 2.45) is 0 Å². The van der Waals surface area contributed by atoms with Crippen LogP contribution in [0.25, 0.3) is 0 Å². The van der Waals surface area contributed by atoms with Crippen molar-refractivity contribution >= 4 is 18.5 Å². The highest BCUT2D eigenvalue weighted by molar-refractivity contribution is 7.80. The molecule has 0 bridgehead atoms. The van der Waals surface area contributed by atoms with Crippen LogP contribution in [0.1, 0.15) is 17.3 Å². The molecule has 1 rings (SSSR count). The molecule has 1 aromatic rings. The molecule has 0 saturated carbocycles. The number of benzene rings is 1. The van der Waals surface area contributed by atoms with Gasteiger partial charge in [-0.05, 0) is 31.2 Å². The first-order chi connectivity index (χ1) is 8.09. The second-order valence-electron chi connectivity index (χ2n) is 3.81. The molecule has 1 N–H and O–H groups in total. The Hall–Kier alpha value is -1.26. The largest absolute Gasteiger partial charge is 0.375 e. The molecule has 3 nitrogen and oxygen atoms in total. The van der Waals surface area contributed by atoms with Crippen molar-refractivity contribution < 1.29 is 9.53 Å². The summed E-state index contributed by atoms with van der Waals surface area (Å²) in [5.41, 5.74) is 1.60. The molecule has 1 aromatic carbocycles. The Labute approximate surface area is 107 Å². The number of thiol groups is 1. The molecule has 0 spiro atoms. The molecule has 4 heteroatoms. The second kappa shape index (κ2) is 7.14. The summed E-state index contributed by atoms with van der Waals surface area (Å²) < 4.78 is 5.27. The zero-order valence-corrected chi connectivity index (χ0v) is 10.8. The smallest absolute Gasteiger partial charge is 0.251 e. The fraction of sp³-hybridized carbons (Fsp3) is 0.308. The van der Waals surface area contributed by atoms with E-state index in [1.807, 2.05) is 6.92 Å². The molecular weight excluding hydrogens is 234 g/mol. The van der Waals surface area contributed by atoms with Gasteiger partial charge in [0.1, 0.15) is 0 Å². The van der Waals surface area contributed by atoms with Gasteiger partial charge in [-0.1, -0.05) is 12.2 Å². The van der Waals surface area contributed by atoms with Crippen LogP contribution in [-0.2, 0) is 4.74 Å². The van der Waals surface area contributed by atoms with Crippen molar-refractivity contribution in [1.82, 2.24) is 5.32 Å². The summed E-state index contributed by atoms with van der Waals surface area (Å²) in [4.78, 5) is 12.5. The minimum absolute atomic E-state index is 0.0998. The molecule has 0 unspecified atom stereocenters. The van der Waals surface area contributed by atoms with Crippen LogP contribution in [0.4, 0.5) is 0 Å². The summed E-state index contributed by atoms with van der Waals surface area (Å²) in [6.45, 7) is 7.14. The predicted molar refractivity (Wildman–Crippen MR) is 71.7 cm³/mol. The number of hydrogen-bond acceptors (Lipinski definition) is 3. The summed E-state index contributed by atoms with van der Waals surface area (Å²) in [6.07, 6.45) is 0. The predicted octanol–water partition coefficient (Wildman–Crippen LogP) is 2.30. The van der Waals surface area contributed by atoms with Gasteiger partial charge < -0.3 is 10.1 Å². The molecule has 0 aliphatic carbocycles. The average molecular weight is 251 g/mol. The molecule has 0 aromatic heterocycles. The first-order valence-electron chi connectivity index (χ1n) is 5.39. The first-order valence-corrected chi connectivity index (χ1v) is 5.83. The molecule has 92 valence electrons. The molecule has 1 amide bonds. The van der Waals surface area contributed by atoms with E-state index in [2.05, 4.69) is 24.5 Å². The van der Waals surface area contributed by atoms with Gasteiger partial charge in [0, 0.05) is 17.0 Å². The third-order valence-corrected chi connectivity index (χ3v) is 2.31. The average Bonchev–Trinajstić information content (AvgIpc) is 2.29. The summed E-state index contributed by atoms with van der Waals surface area (Å²) in [5.74, 6) is -0.0998. The van der Waals surface area contributed by atoms with E-state index in [1.54, 1.807) is 24.3 Å². The Morgan fingerprint density at radius 1 is 1.41 bits per heavy atom. The van der Waals surface area contributed by atoms with E-state index >= 15 is 0 Å². The number of carbonyl (C=O) groups excluding carboxylic acids is 1. The molecule has 0 saturated heterocycles. The first kappa shape index (κ1) is 13.8. The van der Waals surface area contributed by atoms with Gasteiger partial charge in [-0.2, -0.15) is 0 Å². The van der Waals surface area contributed by atoms with E-state index in [0.717, 1.165) is 10.5 Å². The summed E-state index contributed by atoms with van der Waals surface area (Å²) in [6, 6.07) is 7.06. The monoisotopic (exact) mass is 251 g/mol. The van der Waals surface area contributed by atoms with Gasteiger partial charge in [-0.25, -0.2) is 0 Å². The fourth-order valence-electron chi connectivity index (χ4n) is 1.20. The van der Waals surface area contributed by atoms with E-state index in [9.17, 15) is 4.79 Å². The lowest BCUT2D eigenvalue weighted by molar-refractivity contribution is 0.0926. The van der Waals surface area contributed by atoms with Gasteiger partial charge in [0.2, 0.25) is 0 Å². The normalized spacial score (nSPS) is 10.0. The van der Waals surface area contributed by atoms with Gasteiger partial charge in [-0.3, -0.25) is 4.79 Å². The molecular formula is C13H17NO2S. The van der Waals surface area contributed by atoms with Crippen LogP contribution >= 0.6 is 12.6 Å². The molecule has 17 heavy (non-hydrogen) atoms. The zero-order valence-electron chi connectivity index (χ0n) is 9.90. The highest BCUT2D eigenvalue weighted by atomic mass is 32.1. The quantitative estimate of drug-likeness (QED) is 0.462. The van der Waals surface area contributed by atoms with E-state index < -0.39 is 0 Å². The third kappa shape index (κ3) is 5.56. The number of carbonyl (C=O) groups is 1. The SMILES string of the molecule is C=C(C)COCCNC(=O)c1ccc(S)cc1. The van der Waals surface area contributed by atoms with Crippen molar-refractivity contribution in [3.8, 4) is 0 Å². The molecule has 0 aliphatic heterocycles. The van der Waals surface area contributed by atoms with Crippen LogP contribution in [0.3, 0.4) is 0 Å². The number of ether oxygens (including phenoxy) is 1. The third-order valence-electron chi connectivity index (χ3n) is 2.01. The van der Waals surface area contributed by atoms with Crippen LogP contribution in [-0.4, -0.2) is 25.7 Å². The number of amides is 1. The van der Waals surface area contributed by atoms with Gasteiger partial charge in [0.15, 0.2) is 0 Å². The molecule has 0 radical (unpaired) electrons. The van der Waals surface area contributed by atoms with E-state index in [1.165, 1.54) is 0 Å². The molecule has 0 fully saturated rings. The fourth-order valence-corrected chi connectivity index (χ4v) is 1.35. The summed E-state index contributed by atoms with van der Waals surface area (Å²) in [5, 5.41) is 2.77. The minimum atomic E-state index is -0.0998. The van der Waals surface area contributed by atoms with E-state index in [-0.39, 0.29) is 5.91 Å². The zero-order chi connectivity index (χ0) is 12.7. The number of nitrogens with one attached hydrogen (secondary N) is 1. The van der Waals surface area contributed by atoms with E-state index in [4.69, 9.17) is 4.74 Å². The van der Waals surface area contributed by atoms with Gasteiger partial charge >= 0.3 is 0 Å². The topological polar surface area (TPSA) is 38.3 Å². The molecule has 0 atom stereocenters. The van der Waals surface area contributed by atoms with Gasteiger partial charge in [-0.15, -0.1) is 12.6 Å². The Morgan fingerprint density at radius 2 is 2.06 bits per heavy atom. The minimum Gasteiger partial charge on any atom is -0.375 e. The molecule has 0 heterocycles. The maximum absolute atomic E-state index is 11.6. The highest BCUT2D eigenvalue weighted by Gasteiger charge is 2.03. The number of hydrogen-bond donors (Lipinski definition) is 2. The van der Waals surface area contributed by atoms with Crippen molar-refractivity contribution in [2.45, 2.75) is 11.8 Å². The Morgan fingerprint density at radius 3 is 2.65 bits per heavy atom. The second-order valence-corrected chi connectivity index (χ2v) is 4.33. The lowest BCUT2D eigenvalue weighted by atomic mass is 10.2. The maximum atomic E-state index is 11.6. The van der Waals surface area contributed by atoms with Crippen LogP contribution in [0.2, 0.25) is 0 Å². The summed E-state index contributed by atoms with van der Waals surface area (Å²) >= 11 is 4.16. The Bertz CT molecular complexity index is 387. The van der Waals surface area contributed by atoms with Gasteiger partial charge in [0.25, 0.3) is 5.91 Å². The Balaban J connectivity index is 2.25. The van der Waals surface area contributed by atoms with Crippen LogP contribution in [0.15, 0.2) is 41.3 Å². The maximum Gasteiger partial charge on any atom is 0.251 e. The molecule has 0 aliphatic rings. The van der Waals surface area contributed by atoms with Crippen molar-refractivity contribution in [1.29, 1.82) is 0 Å². The van der Waals surface area contributed by atoms with Crippen molar-refractivity contribution in [3.63, 3.8) is 0 Å². The summed E-state index contributed by atoms with van der Waals surface area (Å²) in [7, 11) is 0. The van der Waals surface area contributed by atoms with Crippen LogP contribution < -0.4 is 5.32 Å². The lowest BCUT2D eigenvalue weighted by Gasteiger charge is -2.06. The number of rotatable bonds is 6. The van der Waals surface area contributed by atoms with E-state index in [0.29, 0.717) is 25.3 Å². The highest BCUT2D eigenvalue weighted by Crippen LogP contribution is 2.07. The standard InChI is InChI=1S/C13H17NO2S/c1-10(2)9-16-8-7-14-13(15)11-3-5-12(17)6-4-11/h3-6,17H,1,7-9H2,2H3,(H,14,15).